The Morgan fingerprint density at radius 2 is 1.50 bits per heavy atom. The second-order valence-corrected chi connectivity index (χ2v) is 10.6. The number of hydrogen-bond donors (Lipinski definition) is 5. The maximum absolute atomic E-state index is 12.5. The molecule has 1 aliphatic heterocycles. The van der Waals surface area contributed by atoms with Crippen LogP contribution >= 0.6 is 0 Å². The second-order valence-electron chi connectivity index (χ2n) is 10.6. The lowest BCUT2D eigenvalue weighted by Gasteiger charge is -2.65. The van der Waals surface area contributed by atoms with Crippen LogP contribution in [0.2, 0.25) is 0 Å². The lowest BCUT2D eigenvalue weighted by Crippen LogP contribution is -2.85. The number of hydrogen-bond acceptors (Lipinski definition) is 9. The SMILES string of the molecule is CC1(CO)O[C@@](C)(COc2cc3oc(=O)c4c(c3cc2O)CCCC4)C(C)(O)C(C)(O)[C@]1(C)O. The summed E-state index contributed by atoms with van der Waals surface area (Å²) in [5.74, 6) is -0.188. The number of ether oxygens (including phenoxy) is 2. The van der Waals surface area contributed by atoms with Gasteiger partial charge >= 0.3 is 5.63 Å². The molecule has 1 aromatic heterocycles. The molecule has 0 saturated carbocycles. The Labute approximate surface area is 197 Å². The molecule has 1 aromatic carbocycles. The average molecular weight is 479 g/mol. The van der Waals surface area contributed by atoms with Gasteiger partial charge in [-0.25, -0.2) is 4.79 Å². The van der Waals surface area contributed by atoms with Crippen LogP contribution in [0.1, 0.15) is 58.6 Å². The van der Waals surface area contributed by atoms with Crippen LogP contribution in [0.15, 0.2) is 21.3 Å². The number of phenolic OH excluding ortho intramolecular Hbond substituents is 1. The molecule has 2 aliphatic rings. The average Bonchev–Trinajstić information content (AvgIpc) is 2.77. The zero-order valence-corrected chi connectivity index (χ0v) is 20.3. The van der Waals surface area contributed by atoms with Crippen LogP contribution in [0.25, 0.3) is 11.0 Å². The Morgan fingerprint density at radius 3 is 2.12 bits per heavy atom. The highest BCUT2D eigenvalue weighted by molar-refractivity contribution is 5.85. The highest BCUT2D eigenvalue weighted by Crippen LogP contribution is 2.53. The van der Waals surface area contributed by atoms with Crippen LogP contribution in [-0.4, -0.2) is 66.8 Å². The van der Waals surface area contributed by atoms with Gasteiger partial charge in [0.2, 0.25) is 0 Å². The Hall–Kier alpha value is -2.17. The molecule has 2 heterocycles. The Kier molecular flexibility index (Phi) is 5.62. The minimum Gasteiger partial charge on any atom is -0.504 e. The summed E-state index contributed by atoms with van der Waals surface area (Å²) < 4.78 is 17.4. The van der Waals surface area contributed by atoms with Gasteiger partial charge in [-0.05, 0) is 71.9 Å². The summed E-state index contributed by atoms with van der Waals surface area (Å²) in [6.45, 7) is 5.78. The van der Waals surface area contributed by atoms with Gasteiger partial charge in [0.25, 0.3) is 0 Å². The molecule has 5 atom stereocenters. The standard InChI is InChI=1S/C25H34O9/c1-21(12-26)23(3,29)25(5,31)24(4,30)22(2,34-21)13-32-19-11-18-16(10-17(19)27)14-8-6-7-9-15(14)20(28)33-18/h10-11,26-27,29-31H,6-9,12-13H2,1-5H3/t21?,22-,23+,24?,25?/m0/s1. The van der Waals surface area contributed by atoms with Gasteiger partial charge in [-0.2, -0.15) is 0 Å². The molecule has 3 unspecified atom stereocenters. The number of phenols is 1. The van der Waals surface area contributed by atoms with Gasteiger partial charge in [0.1, 0.15) is 40.2 Å². The second kappa shape index (κ2) is 7.66. The molecule has 34 heavy (non-hydrogen) atoms. The number of rotatable bonds is 4. The fourth-order valence-corrected chi connectivity index (χ4v) is 5.35. The number of benzene rings is 1. The molecule has 1 saturated heterocycles. The normalized spacial score (nSPS) is 38.0. The summed E-state index contributed by atoms with van der Waals surface area (Å²) in [4.78, 5) is 12.5. The first-order valence-electron chi connectivity index (χ1n) is 11.5. The van der Waals surface area contributed by atoms with E-state index in [1.165, 1.54) is 46.8 Å². The summed E-state index contributed by atoms with van der Waals surface area (Å²) in [6, 6.07) is 2.92. The van der Waals surface area contributed by atoms with Crippen LogP contribution in [0.4, 0.5) is 0 Å². The summed E-state index contributed by atoms with van der Waals surface area (Å²) in [7, 11) is 0. The van der Waals surface area contributed by atoms with Gasteiger partial charge in [-0.15, -0.1) is 0 Å². The van der Waals surface area contributed by atoms with E-state index in [0.717, 1.165) is 24.8 Å². The molecule has 2 aromatic rings. The number of aromatic hydroxyl groups is 1. The molecule has 0 radical (unpaired) electrons. The highest BCUT2D eigenvalue weighted by Gasteiger charge is 2.74. The Morgan fingerprint density at radius 1 is 0.912 bits per heavy atom. The van der Waals surface area contributed by atoms with E-state index in [4.69, 9.17) is 13.9 Å². The van der Waals surface area contributed by atoms with E-state index >= 15 is 0 Å². The molecular weight excluding hydrogens is 444 g/mol. The third-order valence-electron chi connectivity index (χ3n) is 8.51. The minimum atomic E-state index is -2.12. The van der Waals surface area contributed by atoms with Gasteiger partial charge in [0, 0.05) is 17.0 Å². The van der Waals surface area contributed by atoms with Crippen LogP contribution in [-0.2, 0) is 17.6 Å². The number of aliphatic hydroxyl groups excluding tert-OH is 1. The molecule has 4 rings (SSSR count). The van der Waals surface area contributed by atoms with Crippen molar-refractivity contribution >= 4 is 11.0 Å². The Balaban J connectivity index is 1.72. The summed E-state index contributed by atoms with van der Waals surface area (Å²) in [5, 5.41) is 54.9. The molecule has 188 valence electrons. The van der Waals surface area contributed by atoms with Crippen LogP contribution < -0.4 is 10.4 Å². The minimum absolute atomic E-state index is 0.00490. The molecule has 0 bridgehead atoms. The van der Waals surface area contributed by atoms with Gasteiger partial charge in [-0.1, -0.05) is 0 Å². The van der Waals surface area contributed by atoms with E-state index in [1.807, 2.05) is 0 Å². The van der Waals surface area contributed by atoms with E-state index in [2.05, 4.69) is 0 Å². The topological polar surface area (TPSA) is 150 Å². The molecule has 9 nitrogen and oxygen atoms in total. The molecule has 0 spiro atoms. The fourth-order valence-electron chi connectivity index (χ4n) is 5.35. The van der Waals surface area contributed by atoms with E-state index in [-0.39, 0.29) is 23.7 Å². The first kappa shape index (κ1) is 24.9. The quantitative estimate of drug-likeness (QED) is 0.413. The summed E-state index contributed by atoms with van der Waals surface area (Å²) >= 11 is 0. The van der Waals surface area contributed by atoms with Crippen LogP contribution in [0.5, 0.6) is 11.5 Å². The number of fused-ring (bicyclic) bond motifs is 3. The number of aliphatic hydroxyl groups is 4. The van der Waals surface area contributed by atoms with Crippen molar-refractivity contribution in [1.29, 1.82) is 0 Å². The summed E-state index contributed by atoms with van der Waals surface area (Å²) in [6.07, 6.45) is 3.23. The van der Waals surface area contributed by atoms with Crippen molar-refractivity contribution < 1.29 is 39.4 Å². The third kappa shape index (κ3) is 3.21. The van der Waals surface area contributed by atoms with Crippen molar-refractivity contribution in [3.8, 4) is 11.5 Å². The third-order valence-corrected chi connectivity index (χ3v) is 8.51. The predicted octanol–water partition coefficient (Wildman–Crippen LogP) is 1.55. The first-order valence-corrected chi connectivity index (χ1v) is 11.5. The van der Waals surface area contributed by atoms with Gasteiger partial charge in [-0.3, -0.25) is 0 Å². The molecule has 0 amide bonds. The Bertz CT molecular complexity index is 1180. The number of aryl methyl sites for hydroxylation is 1. The van der Waals surface area contributed by atoms with Crippen molar-refractivity contribution in [2.24, 2.45) is 0 Å². The summed E-state index contributed by atoms with van der Waals surface area (Å²) in [5.41, 5.74) is -8.07. The molecule has 5 N–H and O–H groups in total. The van der Waals surface area contributed by atoms with Crippen LogP contribution in [0.3, 0.4) is 0 Å². The van der Waals surface area contributed by atoms with E-state index in [0.29, 0.717) is 17.4 Å². The molecular formula is C25H34O9. The molecule has 9 heteroatoms. The predicted molar refractivity (Wildman–Crippen MR) is 123 cm³/mol. The van der Waals surface area contributed by atoms with Crippen molar-refractivity contribution in [2.45, 2.75) is 88.3 Å². The van der Waals surface area contributed by atoms with Gasteiger partial charge in [0.15, 0.2) is 11.5 Å². The molecule has 1 fully saturated rings. The van der Waals surface area contributed by atoms with Crippen molar-refractivity contribution in [3.05, 3.63) is 33.7 Å². The zero-order chi connectivity index (χ0) is 25.3. The fraction of sp³-hybridized carbons (Fsp3) is 0.640. The van der Waals surface area contributed by atoms with E-state index < -0.39 is 40.2 Å². The van der Waals surface area contributed by atoms with Crippen molar-refractivity contribution in [2.75, 3.05) is 13.2 Å². The van der Waals surface area contributed by atoms with Gasteiger partial charge < -0.3 is 39.4 Å². The largest absolute Gasteiger partial charge is 0.504 e. The maximum atomic E-state index is 12.5. The van der Waals surface area contributed by atoms with Gasteiger partial charge in [0.05, 0.1) is 6.61 Å². The monoisotopic (exact) mass is 478 g/mol. The van der Waals surface area contributed by atoms with E-state index in [1.54, 1.807) is 0 Å². The lowest BCUT2D eigenvalue weighted by atomic mass is 9.58. The lowest BCUT2D eigenvalue weighted by molar-refractivity contribution is -0.405. The highest BCUT2D eigenvalue weighted by atomic mass is 16.6. The maximum Gasteiger partial charge on any atom is 0.339 e. The van der Waals surface area contributed by atoms with Crippen molar-refractivity contribution in [1.82, 2.24) is 0 Å². The van der Waals surface area contributed by atoms with Crippen LogP contribution in [0, 0.1) is 0 Å². The van der Waals surface area contributed by atoms with Crippen molar-refractivity contribution in [3.63, 3.8) is 0 Å². The smallest absolute Gasteiger partial charge is 0.339 e. The van der Waals surface area contributed by atoms with E-state index in [9.17, 15) is 30.3 Å². The first-order chi connectivity index (χ1) is 15.6. The molecule has 1 aliphatic carbocycles. The zero-order valence-electron chi connectivity index (χ0n) is 20.3.